The van der Waals surface area contributed by atoms with Gasteiger partial charge in [0, 0.05) is 0 Å². The number of aliphatic hydroxyl groups excluding tert-OH is 1. The van der Waals surface area contributed by atoms with E-state index in [9.17, 15) is 14.0 Å². The van der Waals surface area contributed by atoms with Crippen molar-refractivity contribution in [2.75, 3.05) is 6.61 Å². The normalized spacial score (nSPS) is 18.5. The minimum atomic E-state index is -5.05. The molecule has 2 atom stereocenters. The predicted molar refractivity (Wildman–Crippen MR) is 37.3 cm³/mol. The molecule has 0 aliphatic heterocycles. The fourth-order valence-corrected chi connectivity index (χ4v) is 2.60. The second-order valence-electron chi connectivity index (χ2n) is 1.89. The van der Waals surface area contributed by atoms with Gasteiger partial charge in [0.25, 0.3) is 0 Å². The predicted octanol–water partition coefficient (Wildman–Crippen LogP) is -3.97. The van der Waals surface area contributed by atoms with Crippen LogP contribution in [0.5, 0.6) is 0 Å². The van der Waals surface area contributed by atoms with Crippen LogP contribution >= 0.6 is 15.2 Å². The van der Waals surface area contributed by atoms with Crippen LogP contribution in [0.25, 0.3) is 0 Å². The maximum atomic E-state index is 10.6. The molecule has 7 nitrogen and oxygen atoms in total. The van der Waals surface area contributed by atoms with Gasteiger partial charge in [-0.25, -0.2) is 0 Å². The van der Waals surface area contributed by atoms with Gasteiger partial charge in [-0.2, -0.15) is 0 Å². The summed E-state index contributed by atoms with van der Waals surface area (Å²) in [5.74, 6) is 0. The Balaban J connectivity index is 0. The molecule has 0 amide bonds. The molecule has 0 aliphatic carbocycles. The Labute approximate surface area is 97.1 Å². The van der Waals surface area contributed by atoms with Crippen LogP contribution in [0.2, 0.25) is 0 Å². The second-order valence-corrected chi connectivity index (χ2v) is 5.79. The Bertz CT molecular complexity index is 236. The van der Waals surface area contributed by atoms with Crippen molar-refractivity contribution in [2.45, 2.75) is 12.5 Å². The van der Waals surface area contributed by atoms with Crippen LogP contribution in [-0.4, -0.2) is 27.1 Å². The molecule has 10 heteroatoms. The molecule has 0 spiro atoms. The molecule has 2 unspecified atom stereocenters. The molecule has 0 saturated heterocycles. The van der Waals surface area contributed by atoms with Crippen molar-refractivity contribution in [3.63, 3.8) is 0 Å². The molecule has 0 radical (unpaired) electrons. The number of aliphatic hydroxyl groups is 1. The van der Waals surface area contributed by atoms with Crippen molar-refractivity contribution >= 4 is 15.2 Å². The van der Waals surface area contributed by atoms with E-state index >= 15 is 0 Å². The van der Waals surface area contributed by atoms with E-state index in [2.05, 4.69) is 4.52 Å². The van der Waals surface area contributed by atoms with Crippen LogP contribution in [0.1, 0.15) is 6.92 Å². The molecule has 0 saturated carbocycles. The second kappa shape index (κ2) is 5.98. The Morgan fingerprint density at radius 3 is 2.08 bits per heavy atom. The molecule has 0 rings (SSSR count). The van der Waals surface area contributed by atoms with E-state index in [0.717, 1.165) is 0 Å². The van der Waals surface area contributed by atoms with E-state index in [0.29, 0.717) is 0 Å². The van der Waals surface area contributed by atoms with E-state index in [1.54, 1.807) is 0 Å². The standard InChI is InChI=1S/C3H10O7P2.Na/c1-2-10-12(8,9)3(4)11(5,6)7;/h3-4H,2H2,1H3,(H,8,9)(H2,5,6,7);/q;+1/p-1. The van der Waals surface area contributed by atoms with Gasteiger partial charge in [0.15, 0.2) is 7.60 Å². The summed E-state index contributed by atoms with van der Waals surface area (Å²) in [5.41, 5.74) is -2.77. The van der Waals surface area contributed by atoms with Gasteiger partial charge in [-0.3, -0.25) is 4.57 Å². The van der Waals surface area contributed by atoms with Crippen LogP contribution in [0.3, 0.4) is 0 Å². The summed E-state index contributed by atoms with van der Waals surface area (Å²) in [6.07, 6.45) is 0. The van der Waals surface area contributed by atoms with Crippen LogP contribution in [0.15, 0.2) is 0 Å². The number of rotatable bonds is 4. The summed E-state index contributed by atoms with van der Waals surface area (Å²) in [5, 5.41) is 8.58. The third kappa shape index (κ3) is 5.64. The number of hydrogen-bond acceptors (Lipinski definition) is 5. The first-order chi connectivity index (χ1) is 5.22. The van der Waals surface area contributed by atoms with Crippen LogP contribution in [0, 0.1) is 0 Å². The third-order valence-corrected chi connectivity index (χ3v) is 4.43. The van der Waals surface area contributed by atoms with Gasteiger partial charge >= 0.3 is 37.2 Å². The molecule has 0 aliphatic rings. The molecule has 74 valence electrons. The fraction of sp³-hybridized carbons (Fsp3) is 1.00. The minimum absolute atomic E-state index is 0. The number of hydrogen-bond donors (Lipinski definition) is 3. The first kappa shape index (κ1) is 16.7. The van der Waals surface area contributed by atoms with Gasteiger partial charge in [-0.05, 0) is 6.92 Å². The fourth-order valence-electron chi connectivity index (χ4n) is 0.431. The monoisotopic (exact) mass is 242 g/mol. The van der Waals surface area contributed by atoms with Crippen LogP contribution in [0.4, 0.5) is 0 Å². The molecule has 0 fully saturated rings. The molecule has 0 bridgehead atoms. The third-order valence-electron chi connectivity index (χ3n) is 0.893. The molecule has 0 heterocycles. The summed E-state index contributed by atoms with van der Waals surface area (Å²) >= 11 is 0. The zero-order valence-electron chi connectivity index (χ0n) is 7.15. The van der Waals surface area contributed by atoms with Crippen molar-refractivity contribution in [2.24, 2.45) is 0 Å². The average Bonchev–Trinajstić information content (AvgIpc) is 1.84. The van der Waals surface area contributed by atoms with Crippen molar-refractivity contribution in [1.82, 2.24) is 0 Å². The average molecular weight is 242 g/mol. The van der Waals surface area contributed by atoms with Gasteiger partial charge in [0.2, 0.25) is 5.59 Å². The van der Waals surface area contributed by atoms with E-state index in [1.807, 2.05) is 0 Å². The van der Waals surface area contributed by atoms with Crippen molar-refractivity contribution in [3.05, 3.63) is 0 Å². The van der Waals surface area contributed by atoms with Gasteiger partial charge in [-0.15, -0.1) is 0 Å². The molecule has 3 N–H and O–H groups in total. The summed E-state index contributed by atoms with van der Waals surface area (Å²) in [7, 11) is -9.92. The summed E-state index contributed by atoms with van der Waals surface area (Å²) in [6.45, 7) is 1.04. The molecule has 0 aromatic rings. The Morgan fingerprint density at radius 1 is 1.46 bits per heavy atom. The molecule has 0 aromatic heterocycles. The zero-order valence-corrected chi connectivity index (χ0v) is 10.9. The topological polar surface area (TPSA) is 127 Å². The zero-order chi connectivity index (χ0) is 9.99. The van der Waals surface area contributed by atoms with E-state index in [1.165, 1.54) is 6.92 Å². The van der Waals surface area contributed by atoms with Crippen molar-refractivity contribution in [3.8, 4) is 0 Å². The van der Waals surface area contributed by atoms with Crippen LogP contribution in [-0.2, 0) is 13.7 Å². The van der Waals surface area contributed by atoms with Crippen molar-refractivity contribution in [1.29, 1.82) is 0 Å². The van der Waals surface area contributed by atoms with Gasteiger partial charge in [0.05, 0.1) is 6.61 Å². The first-order valence-corrected chi connectivity index (χ1v) is 6.19. The Morgan fingerprint density at radius 2 is 1.85 bits per heavy atom. The van der Waals surface area contributed by atoms with Crippen molar-refractivity contribution < 1.29 is 63.0 Å². The van der Waals surface area contributed by atoms with Gasteiger partial charge in [0.1, 0.15) is 0 Å². The summed E-state index contributed by atoms with van der Waals surface area (Å²) in [6, 6.07) is 0. The van der Waals surface area contributed by atoms with Gasteiger partial charge < -0.3 is 28.9 Å². The Hall–Kier alpha value is 1.26. The minimum Gasteiger partial charge on any atom is -0.776 e. The van der Waals surface area contributed by atoms with Gasteiger partial charge in [-0.1, -0.05) is 0 Å². The van der Waals surface area contributed by atoms with E-state index < -0.39 is 20.8 Å². The van der Waals surface area contributed by atoms with Crippen LogP contribution < -0.4 is 34.5 Å². The maximum Gasteiger partial charge on any atom is 1.00 e. The molecular formula is C3H9NaO7P2. The maximum absolute atomic E-state index is 10.6. The Kier molecular flexibility index (Phi) is 7.67. The largest absolute Gasteiger partial charge is 1.00 e. The summed E-state index contributed by atoms with van der Waals surface area (Å²) < 4.78 is 24.9. The summed E-state index contributed by atoms with van der Waals surface area (Å²) in [4.78, 5) is 27.2. The van der Waals surface area contributed by atoms with E-state index in [-0.39, 0.29) is 36.2 Å². The van der Waals surface area contributed by atoms with E-state index in [4.69, 9.17) is 14.9 Å². The first-order valence-electron chi connectivity index (χ1n) is 2.90. The molecular weight excluding hydrogens is 233 g/mol. The SMILES string of the molecule is CCOP(=O)([O-])C(O)P(=O)(O)O.[Na+]. The molecule has 0 aromatic carbocycles. The quantitative estimate of drug-likeness (QED) is 0.339. The molecule has 13 heavy (non-hydrogen) atoms. The smallest absolute Gasteiger partial charge is 0.776 e.